The number of nitrogens with one attached hydrogen (secondary N) is 1. The topological polar surface area (TPSA) is 75.2 Å². The minimum atomic E-state index is -1.19. The molecule has 0 rings (SSSR count). The van der Waals surface area contributed by atoms with Gasteiger partial charge in [-0.2, -0.15) is 0 Å². The molecule has 0 aromatic carbocycles. The van der Waals surface area contributed by atoms with E-state index >= 15 is 0 Å². The van der Waals surface area contributed by atoms with E-state index in [2.05, 4.69) is 4.79 Å². The molecule has 0 unspecified atom stereocenters. The second-order valence-corrected chi connectivity index (χ2v) is 0.596. The Hall–Kier alpha value is -1.15. The molecule has 0 heterocycles. The predicted octanol–water partition coefficient (Wildman–Crippen LogP) is -0.619. The number of aliphatic carboxylic acids is 1. The van der Waals surface area contributed by atoms with Gasteiger partial charge in [0.2, 0.25) is 0 Å². The lowest BCUT2D eigenvalue weighted by Gasteiger charge is -1.54. The van der Waals surface area contributed by atoms with Gasteiger partial charge in [-0.3, -0.25) is 0 Å². The average molecular weight is 87.1 g/mol. The van der Waals surface area contributed by atoms with Crippen LogP contribution in [0.4, 0.5) is 0 Å². The molecule has 0 saturated carbocycles. The molecule has 0 amide bonds. The van der Waals surface area contributed by atoms with E-state index in [0.717, 1.165) is 0 Å². The minimum Gasteiger partial charge on any atom is -0.473 e. The first-order valence-corrected chi connectivity index (χ1v) is 1.20. The monoisotopic (exact) mass is 87.0 g/mol. The van der Waals surface area contributed by atoms with Gasteiger partial charge in [0.25, 0.3) is 0 Å². The summed E-state index contributed by atoms with van der Waals surface area (Å²) < 4.78 is 0. The fourth-order valence-corrected chi connectivity index (χ4v) is 0.0552. The molecule has 0 atom stereocenters. The van der Waals surface area contributed by atoms with Gasteiger partial charge in [0.05, 0.1) is 10.3 Å². The van der Waals surface area contributed by atoms with Crippen molar-refractivity contribution in [2.45, 2.75) is 0 Å². The van der Waals surface area contributed by atoms with Crippen LogP contribution in [0, 0.1) is 5.53 Å². The van der Waals surface area contributed by atoms with Gasteiger partial charge in [-0.15, -0.1) is 0 Å². The van der Waals surface area contributed by atoms with Crippen LogP contribution in [0.1, 0.15) is 0 Å². The summed E-state index contributed by atoms with van der Waals surface area (Å²) in [6, 6.07) is 0. The number of rotatable bonds is 1. The van der Waals surface area contributed by atoms with Crippen molar-refractivity contribution in [3.05, 3.63) is 0 Å². The summed E-state index contributed by atoms with van der Waals surface area (Å²) in [5, 5.41) is 7.64. The molecule has 0 aliphatic rings. The highest BCUT2D eigenvalue weighted by Gasteiger charge is 1.91. The summed E-state index contributed by atoms with van der Waals surface area (Å²) in [6.45, 7) is 0. The van der Waals surface area contributed by atoms with E-state index < -0.39 is 5.97 Å². The lowest BCUT2D eigenvalue weighted by atomic mass is 10.8. The SMILES string of the molecule is N=[N+]=CC(=O)O. The summed E-state index contributed by atoms with van der Waals surface area (Å²) in [5.41, 5.74) is 5.92. The second-order valence-electron chi connectivity index (χ2n) is 0.596. The zero-order valence-corrected chi connectivity index (χ0v) is 2.88. The van der Waals surface area contributed by atoms with Crippen LogP contribution in [0.5, 0.6) is 0 Å². The van der Waals surface area contributed by atoms with Crippen LogP contribution in [0.2, 0.25) is 0 Å². The quantitative estimate of drug-likeness (QED) is 0.254. The van der Waals surface area contributed by atoms with Crippen molar-refractivity contribution in [1.82, 2.24) is 0 Å². The van der Waals surface area contributed by atoms with E-state index in [4.69, 9.17) is 10.6 Å². The van der Waals surface area contributed by atoms with Crippen molar-refractivity contribution in [3.63, 3.8) is 0 Å². The van der Waals surface area contributed by atoms with Gasteiger partial charge in [0.1, 0.15) is 0 Å². The van der Waals surface area contributed by atoms with Crippen molar-refractivity contribution in [2.24, 2.45) is 0 Å². The highest BCUT2D eigenvalue weighted by atomic mass is 16.4. The largest absolute Gasteiger partial charge is 0.473 e. The normalized spacial score (nSPS) is 6.00. The number of nitrogens with zero attached hydrogens (tertiary/aromatic N) is 1. The Labute approximate surface area is 33.6 Å². The van der Waals surface area contributed by atoms with Crippen LogP contribution in [0.3, 0.4) is 0 Å². The highest BCUT2D eigenvalue weighted by Crippen LogP contribution is 1.40. The van der Waals surface area contributed by atoms with Gasteiger partial charge in [-0.25, -0.2) is 4.79 Å². The van der Waals surface area contributed by atoms with E-state index in [1.165, 1.54) is 0 Å². The lowest BCUT2D eigenvalue weighted by Crippen LogP contribution is -1.94. The Balaban J connectivity index is 3.60. The minimum absolute atomic E-state index is 0.500. The number of carbonyl (C=O) groups is 1. The zero-order valence-electron chi connectivity index (χ0n) is 2.88. The first kappa shape index (κ1) is 4.85. The van der Waals surface area contributed by atoms with Crippen molar-refractivity contribution < 1.29 is 14.7 Å². The highest BCUT2D eigenvalue weighted by molar-refractivity contribution is 6.19. The summed E-state index contributed by atoms with van der Waals surface area (Å²) in [5.74, 6) is -1.19. The first-order valence-electron chi connectivity index (χ1n) is 1.20. The summed E-state index contributed by atoms with van der Waals surface area (Å²) >= 11 is 0. The maximum Gasteiger partial charge on any atom is 0.415 e. The maximum atomic E-state index is 9.33. The molecule has 6 heavy (non-hydrogen) atoms. The Bertz CT molecular complexity index is 102. The second kappa shape index (κ2) is 2.11. The van der Waals surface area contributed by atoms with Crippen LogP contribution >= 0.6 is 0 Å². The van der Waals surface area contributed by atoms with Gasteiger partial charge in [0, 0.05) is 0 Å². The van der Waals surface area contributed by atoms with Crippen molar-refractivity contribution in [2.75, 3.05) is 0 Å². The molecule has 0 saturated heterocycles. The van der Waals surface area contributed by atoms with E-state index in [0.29, 0.717) is 6.21 Å². The smallest absolute Gasteiger partial charge is 0.415 e. The van der Waals surface area contributed by atoms with Crippen molar-refractivity contribution in [3.8, 4) is 0 Å². The van der Waals surface area contributed by atoms with E-state index in [1.807, 2.05) is 0 Å². The predicted molar refractivity (Wildman–Crippen MR) is 16.7 cm³/mol. The molecule has 0 aliphatic heterocycles. The van der Waals surface area contributed by atoms with Crippen molar-refractivity contribution in [1.29, 1.82) is 5.53 Å². The molecule has 32 valence electrons. The van der Waals surface area contributed by atoms with E-state index in [9.17, 15) is 4.79 Å². The van der Waals surface area contributed by atoms with E-state index in [-0.39, 0.29) is 0 Å². The molecule has 2 N–H and O–H groups in total. The van der Waals surface area contributed by atoms with E-state index in [1.54, 1.807) is 0 Å². The summed E-state index contributed by atoms with van der Waals surface area (Å²) in [6.07, 6.45) is 0.500. The molecule has 0 aromatic heterocycles. The molecule has 0 aromatic rings. The number of carboxylic acids is 1. The van der Waals surface area contributed by atoms with Crippen molar-refractivity contribution >= 4 is 12.2 Å². The van der Waals surface area contributed by atoms with Crippen LogP contribution in [-0.4, -0.2) is 22.1 Å². The third kappa shape index (κ3) is 2.85. The summed E-state index contributed by atoms with van der Waals surface area (Å²) in [7, 11) is 0. The molecule has 0 aliphatic carbocycles. The Kier molecular flexibility index (Phi) is 1.71. The average Bonchev–Trinajstić information content (AvgIpc) is 1.35. The molecular formula is C2H3N2O2+. The Morgan fingerprint density at radius 3 is 2.50 bits per heavy atom. The van der Waals surface area contributed by atoms with Gasteiger partial charge in [-0.05, 0) is 0 Å². The fourth-order valence-electron chi connectivity index (χ4n) is 0.0552. The van der Waals surface area contributed by atoms with Gasteiger partial charge < -0.3 is 5.11 Å². The standard InChI is InChI=1S/C2H2N2O2/c3-4-1-2(5)6/h1,3H/p+1. The number of hydrogen-bond acceptors (Lipinski definition) is 2. The maximum absolute atomic E-state index is 9.33. The first-order chi connectivity index (χ1) is 2.77. The van der Waals surface area contributed by atoms with Crippen LogP contribution in [-0.2, 0) is 4.79 Å². The molecule has 0 fully saturated rings. The van der Waals surface area contributed by atoms with Gasteiger partial charge in [0.15, 0.2) is 0 Å². The molecule has 4 heteroatoms. The summed E-state index contributed by atoms with van der Waals surface area (Å²) in [4.78, 5) is 11.8. The fraction of sp³-hybridized carbons (Fsp3) is 0. The molecule has 0 spiro atoms. The Morgan fingerprint density at radius 1 is 2.00 bits per heavy atom. The number of hydrogen-bond donors (Lipinski definition) is 2. The molecule has 4 nitrogen and oxygen atoms in total. The third-order valence-electron chi connectivity index (χ3n) is 0.175. The zero-order chi connectivity index (χ0) is 4.99. The lowest BCUT2D eigenvalue weighted by molar-refractivity contribution is -0.143. The van der Waals surface area contributed by atoms with Gasteiger partial charge >= 0.3 is 12.2 Å². The molecular weight excluding hydrogens is 84.0 g/mol. The van der Waals surface area contributed by atoms with Crippen LogP contribution in [0.15, 0.2) is 0 Å². The molecule has 0 bridgehead atoms. The van der Waals surface area contributed by atoms with Crippen LogP contribution in [0.25, 0.3) is 0 Å². The Morgan fingerprint density at radius 2 is 2.50 bits per heavy atom. The third-order valence-corrected chi connectivity index (χ3v) is 0.175. The van der Waals surface area contributed by atoms with Crippen LogP contribution < -0.4 is 0 Å². The van der Waals surface area contributed by atoms with Gasteiger partial charge in [-0.1, -0.05) is 0 Å². The number of carboxylic acid groups (broad SMARTS) is 1. The molecule has 0 radical (unpaired) electrons.